The number of carboxylic acid groups (broad SMARTS) is 1. The van der Waals surface area contributed by atoms with Gasteiger partial charge in [-0.25, -0.2) is 4.79 Å². The van der Waals surface area contributed by atoms with Crippen LogP contribution in [-0.2, 0) is 14.0 Å². The standard InChI is InChI=1S/C17H33NO4Si/c1-17(2,3)23(4,5)22-11-10-14(16(20)21)18-15(19)12-13-8-6-7-9-13/h13-14H,6-12H2,1-5H3,(H,18,19)(H,20,21)/t14-/m1/s1. The summed E-state index contributed by atoms with van der Waals surface area (Å²) >= 11 is 0. The predicted octanol–water partition coefficient (Wildman–Crippen LogP) is 3.55. The lowest BCUT2D eigenvalue weighted by Gasteiger charge is -2.36. The summed E-state index contributed by atoms with van der Waals surface area (Å²) < 4.78 is 6.01. The number of aliphatic carboxylic acids is 1. The Hall–Kier alpha value is -0.883. The van der Waals surface area contributed by atoms with Crippen LogP contribution in [0, 0.1) is 5.92 Å². The van der Waals surface area contributed by atoms with Crippen LogP contribution in [0.25, 0.3) is 0 Å². The van der Waals surface area contributed by atoms with Crippen LogP contribution >= 0.6 is 0 Å². The third-order valence-electron chi connectivity index (χ3n) is 5.26. The number of carbonyl (C=O) groups is 2. The van der Waals surface area contributed by atoms with Gasteiger partial charge in [0, 0.05) is 19.4 Å². The fourth-order valence-corrected chi connectivity index (χ4v) is 3.70. The lowest BCUT2D eigenvalue weighted by atomic mass is 10.0. The molecule has 1 saturated carbocycles. The van der Waals surface area contributed by atoms with Crippen LogP contribution in [0.3, 0.4) is 0 Å². The Morgan fingerprint density at radius 2 is 1.83 bits per heavy atom. The van der Waals surface area contributed by atoms with E-state index in [4.69, 9.17) is 4.43 Å². The molecule has 0 spiro atoms. The highest BCUT2D eigenvalue weighted by atomic mass is 28.4. The molecule has 0 unspecified atom stereocenters. The molecule has 0 radical (unpaired) electrons. The van der Waals surface area contributed by atoms with Gasteiger partial charge in [0.15, 0.2) is 8.32 Å². The number of rotatable bonds is 8. The fourth-order valence-electron chi connectivity index (χ4n) is 2.64. The van der Waals surface area contributed by atoms with Crippen molar-refractivity contribution in [2.24, 2.45) is 5.92 Å². The van der Waals surface area contributed by atoms with Crippen LogP contribution in [0.15, 0.2) is 0 Å². The van der Waals surface area contributed by atoms with Gasteiger partial charge in [0.1, 0.15) is 6.04 Å². The highest BCUT2D eigenvalue weighted by Crippen LogP contribution is 2.36. The normalized spacial score (nSPS) is 18.0. The van der Waals surface area contributed by atoms with Crippen LogP contribution in [0.1, 0.15) is 59.3 Å². The van der Waals surface area contributed by atoms with Crippen molar-refractivity contribution in [2.45, 2.75) is 83.5 Å². The van der Waals surface area contributed by atoms with Crippen molar-refractivity contribution in [2.75, 3.05) is 6.61 Å². The minimum atomic E-state index is -1.88. The molecule has 1 fully saturated rings. The van der Waals surface area contributed by atoms with E-state index in [0.717, 1.165) is 12.8 Å². The number of carboxylic acids is 1. The lowest BCUT2D eigenvalue weighted by Crippen LogP contribution is -2.45. The molecule has 134 valence electrons. The van der Waals surface area contributed by atoms with Crippen molar-refractivity contribution in [1.29, 1.82) is 0 Å². The van der Waals surface area contributed by atoms with Crippen molar-refractivity contribution in [3.63, 3.8) is 0 Å². The Balaban J connectivity index is 2.43. The van der Waals surface area contributed by atoms with E-state index in [9.17, 15) is 14.7 Å². The van der Waals surface area contributed by atoms with Crippen LogP contribution in [0.2, 0.25) is 18.1 Å². The average molecular weight is 344 g/mol. The maximum atomic E-state index is 12.0. The quantitative estimate of drug-likeness (QED) is 0.661. The van der Waals surface area contributed by atoms with E-state index in [-0.39, 0.29) is 10.9 Å². The summed E-state index contributed by atoms with van der Waals surface area (Å²) in [5.74, 6) is -0.701. The molecule has 1 aliphatic rings. The van der Waals surface area contributed by atoms with Crippen molar-refractivity contribution in [3.8, 4) is 0 Å². The highest BCUT2D eigenvalue weighted by molar-refractivity contribution is 6.74. The maximum absolute atomic E-state index is 12.0. The molecule has 0 aliphatic heterocycles. The Morgan fingerprint density at radius 3 is 2.30 bits per heavy atom. The van der Waals surface area contributed by atoms with Gasteiger partial charge >= 0.3 is 5.97 Å². The second-order valence-electron chi connectivity index (χ2n) is 8.21. The van der Waals surface area contributed by atoms with E-state index < -0.39 is 20.3 Å². The molecule has 2 N–H and O–H groups in total. The van der Waals surface area contributed by atoms with E-state index in [1.807, 2.05) is 0 Å². The predicted molar refractivity (Wildman–Crippen MR) is 93.9 cm³/mol. The van der Waals surface area contributed by atoms with Gasteiger partial charge in [0.05, 0.1) is 0 Å². The summed E-state index contributed by atoms with van der Waals surface area (Å²) in [5, 5.41) is 12.1. The van der Waals surface area contributed by atoms with Gasteiger partial charge in [-0.2, -0.15) is 0 Å². The first-order valence-electron chi connectivity index (χ1n) is 8.69. The van der Waals surface area contributed by atoms with Gasteiger partial charge in [-0.1, -0.05) is 33.6 Å². The topological polar surface area (TPSA) is 75.6 Å². The highest BCUT2D eigenvalue weighted by Gasteiger charge is 2.37. The zero-order valence-electron chi connectivity index (χ0n) is 15.3. The third-order valence-corrected chi connectivity index (χ3v) is 9.80. The molecule has 0 bridgehead atoms. The summed E-state index contributed by atoms with van der Waals surface area (Å²) in [6, 6.07) is -0.853. The first-order chi connectivity index (χ1) is 10.5. The Labute approximate surface area is 141 Å². The molecule has 23 heavy (non-hydrogen) atoms. The van der Waals surface area contributed by atoms with Crippen molar-refractivity contribution in [3.05, 3.63) is 0 Å². The molecule has 0 aromatic heterocycles. The van der Waals surface area contributed by atoms with Crippen LogP contribution in [0.4, 0.5) is 0 Å². The second kappa shape index (κ2) is 8.28. The number of carbonyl (C=O) groups excluding carboxylic acids is 1. The smallest absolute Gasteiger partial charge is 0.326 e. The molecule has 1 aliphatic carbocycles. The number of hydrogen-bond acceptors (Lipinski definition) is 3. The molecule has 5 nitrogen and oxygen atoms in total. The molecule has 0 heterocycles. The maximum Gasteiger partial charge on any atom is 0.326 e. The third kappa shape index (κ3) is 6.63. The largest absolute Gasteiger partial charge is 0.480 e. The van der Waals surface area contributed by atoms with Crippen molar-refractivity contribution >= 4 is 20.2 Å². The summed E-state index contributed by atoms with van der Waals surface area (Å²) in [4.78, 5) is 23.4. The van der Waals surface area contributed by atoms with E-state index in [1.54, 1.807) is 0 Å². The molecular formula is C17H33NO4Si. The zero-order valence-corrected chi connectivity index (χ0v) is 16.3. The second-order valence-corrected chi connectivity index (χ2v) is 13.0. The van der Waals surface area contributed by atoms with Gasteiger partial charge in [-0.15, -0.1) is 0 Å². The van der Waals surface area contributed by atoms with Crippen LogP contribution in [0.5, 0.6) is 0 Å². The first-order valence-corrected chi connectivity index (χ1v) is 11.6. The number of nitrogens with one attached hydrogen (secondary N) is 1. The molecule has 6 heteroatoms. The molecule has 1 atom stereocenters. The summed E-state index contributed by atoms with van der Waals surface area (Å²) in [6.07, 6.45) is 5.30. The van der Waals surface area contributed by atoms with Gasteiger partial charge in [-0.05, 0) is 36.9 Å². The Bertz CT molecular complexity index is 411. The Kier molecular flexibility index (Phi) is 7.26. The molecule has 0 aromatic rings. The SMILES string of the molecule is CC(C)(C)[Si](C)(C)OCC[C@@H](NC(=O)CC1CCCC1)C(=O)O. The van der Waals surface area contributed by atoms with E-state index >= 15 is 0 Å². The minimum absolute atomic E-state index is 0.0947. The average Bonchev–Trinajstić information content (AvgIpc) is 2.88. The van der Waals surface area contributed by atoms with E-state index in [2.05, 4.69) is 39.2 Å². The monoisotopic (exact) mass is 343 g/mol. The van der Waals surface area contributed by atoms with Gasteiger partial charge < -0.3 is 14.8 Å². The molecule has 0 aromatic carbocycles. The fraction of sp³-hybridized carbons (Fsp3) is 0.882. The molecular weight excluding hydrogens is 310 g/mol. The lowest BCUT2D eigenvalue weighted by molar-refractivity contribution is -0.142. The number of amides is 1. The van der Waals surface area contributed by atoms with Crippen LogP contribution < -0.4 is 5.32 Å². The van der Waals surface area contributed by atoms with E-state index in [0.29, 0.717) is 25.4 Å². The number of hydrogen-bond donors (Lipinski definition) is 2. The van der Waals surface area contributed by atoms with Crippen LogP contribution in [-0.4, -0.2) is 37.9 Å². The first kappa shape index (κ1) is 20.2. The van der Waals surface area contributed by atoms with Crippen molar-refractivity contribution in [1.82, 2.24) is 5.32 Å². The molecule has 1 rings (SSSR count). The molecule has 1 amide bonds. The van der Waals surface area contributed by atoms with Gasteiger partial charge in [0.25, 0.3) is 0 Å². The van der Waals surface area contributed by atoms with Gasteiger partial charge in [0.2, 0.25) is 5.91 Å². The minimum Gasteiger partial charge on any atom is -0.480 e. The zero-order chi connectivity index (χ0) is 17.7. The summed E-state index contributed by atoms with van der Waals surface area (Å²) in [6.45, 7) is 11.1. The van der Waals surface area contributed by atoms with Crippen molar-refractivity contribution < 1.29 is 19.1 Å². The Morgan fingerprint density at radius 1 is 1.26 bits per heavy atom. The van der Waals surface area contributed by atoms with E-state index in [1.165, 1.54) is 12.8 Å². The van der Waals surface area contributed by atoms with Gasteiger partial charge in [-0.3, -0.25) is 4.79 Å². The molecule has 0 saturated heterocycles. The summed E-state index contributed by atoms with van der Waals surface area (Å²) in [7, 11) is -1.88. The summed E-state index contributed by atoms with van der Waals surface area (Å²) in [5.41, 5.74) is 0.